The topological polar surface area (TPSA) is 63.4 Å². The number of nitrogens with zero attached hydrogens (tertiary/aromatic N) is 1. The van der Waals surface area contributed by atoms with E-state index >= 15 is 0 Å². The molecule has 2 N–H and O–H groups in total. The van der Waals surface area contributed by atoms with Gasteiger partial charge in [0.2, 0.25) is 0 Å². The maximum atomic E-state index is 12.0. The third-order valence-corrected chi connectivity index (χ3v) is 6.33. The lowest BCUT2D eigenvalue weighted by atomic mass is 9.85. The highest BCUT2D eigenvalue weighted by atomic mass is 32.2. The predicted octanol–water partition coefficient (Wildman–Crippen LogP) is 1.80. The van der Waals surface area contributed by atoms with E-state index in [0.29, 0.717) is 17.2 Å². The number of sulfone groups is 1. The van der Waals surface area contributed by atoms with Crippen LogP contribution < -0.4 is 10.6 Å². The number of anilines is 1. The molecule has 0 bridgehead atoms. The molecule has 1 saturated carbocycles. The van der Waals surface area contributed by atoms with Crippen LogP contribution in [0.5, 0.6) is 0 Å². The molecule has 0 spiro atoms. The Morgan fingerprint density at radius 2 is 1.85 bits per heavy atom. The molecule has 0 amide bonds. The second-order valence-electron chi connectivity index (χ2n) is 6.18. The summed E-state index contributed by atoms with van der Waals surface area (Å²) < 4.78 is 23.9. The van der Waals surface area contributed by atoms with Crippen molar-refractivity contribution in [1.29, 1.82) is 0 Å². The lowest BCUT2D eigenvalue weighted by Crippen LogP contribution is -2.69. The molecule has 1 heterocycles. The Kier molecular flexibility index (Phi) is 3.29. The van der Waals surface area contributed by atoms with Gasteiger partial charge in [-0.2, -0.15) is 0 Å². The summed E-state index contributed by atoms with van der Waals surface area (Å²) in [6.45, 7) is 3.65. The lowest BCUT2D eigenvalue weighted by molar-refractivity contribution is 0.291. The fourth-order valence-corrected chi connectivity index (χ4v) is 4.34. The molecular weight excluding hydrogens is 272 g/mol. The van der Waals surface area contributed by atoms with Crippen molar-refractivity contribution in [2.45, 2.75) is 36.6 Å². The van der Waals surface area contributed by atoms with Gasteiger partial charge in [0.15, 0.2) is 9.84 Å². The van der Waals surface area contributed by atoms with Gasteiger partial charge in [-0.1, -0.05) is 6.92 Å². The molecule has 0 unspecified atom stereocenters. The second-order valence-corrected chi connectivity index (χ2v) is 8.29. The maximum Gasteiger partial charge on any atom is 0.178 e. The number of hydrogen-bond acceptors (Lipinski definition) is 4. The first-order valence-corrected chi connectivity index (χ1v) is 8.96. The van der Waals surface area contributed by atoms with Crippen molar-refractivity contribution < 1.29 is 8.42 Å². The molecule has 1 saturated heterocycles. The van der Waals surface area contributed by atoms with Gasteiger partial charge in [-0.25, -0.2) is 8.42 Å². The minimum absolute atomic E-state index is 0.00699. The molecule has 3 rings (SSSR count). The van der Waals surface area contributed by atoms with E-state index in [0.717, 1.165) is 18.8 Å². The summed E-state index contributed by atoms with van der Waals surface area (Å²) >= 11 is 0. The lowest BCUT2D eigenvalue weighted by Gasteiger charge is -2.49. The van der Waals surface area contributed by atoms with Gasteiger partial charge in [0, 0.05) is 18.8 Å². The zero-order chi connectivity index (χ0) is 14.4. The van der Waals surface area contributed by atoms with Gasteiger partial charge in [0.1, 0.15) is 0 Å². The zero-order valence-corrected chi connectivity index (χ0v) is 12.7. The van der Waals surface area contributed by atoms with Crippen molar-refractivity contribution in [3.63, 3.8) is 0 Å². The minimum atomic E-state index is -3.11. The monoisotopic (exact) mass is 294 g/mol. The second kappa shape index (κ2) is 4.74. The van der Waals surface area contributed by atoms with Gasteiger partial charge < -0.3 is 10.6 Å². The number of benzene rings is 1. The van der Waals surface area contributed by atoms with Gasteiger partial charge in [-0.3, -0.25) is 0 Å². The average molecular weight is 294 g/mol. The summed E-state index contributed by atoms with van der Waals surface area (Å²) in [6.07, 6.45) is 3.17. The van der Waals surface area contributed by atoms with Crippen molar-refractivity contribution in [3.8, 4) is 0 Å². The molecule has 1 aromatic carbocycles. The molecule has 5 heteroatoms. The largest absolute Gasteiger partial charge is 0.368 e. The molecular formula is C15H22N2O2S. The molecule has 1 aliphatic carbocycles. The SMILES string of the molecule is CCCS(=O)(=O)c1ccc(N2CC(N)(C3CC3)C2)cc1. The van der Waals surface area contributed by atoms with Crippen LogP contribution in [-0.4, -0.2) is 32.8 Å². The summed E-state index contributed by atoms with van der Waals surface area (Å²) in [6, 6.07) is 7.23. The van der Waals surface area contributed by atoms with Crippen LogP contribution in [0.25, 0.3) is 0 Å². The number of rotatable bonds is 5. The highest BCUT2D eigenvalue weighted by Gasteiger charge is 2.50. The minimum Gasteiger partial charge on any atom is -0.368 e. The Morgan fingerprint density at radius 1 is 1.25 bits per heavy atom. The quantitative estimate of drug-likeness (QED) is 0.899. The van der Waals surface area contributed by atoms with Crippen LogP contribution in [-0.2, 0) is 9.84 Å². The van der Waals surface area contributed by atoms with Crippen LogP contribution in [0.3, 0.4) is 0 Å². The van der Waals surface area contributed by atoms with Crippen LogP contribution in [0.4, 0.5) is 5.69 Å². The van der Waals surface area contributed by atoms with Gasteiger partial charge >= 0.3 is 0 Å². The fraction of sp³-hybridized carbons (Fsp3) is 0.600. The molecule has 4 nitrogen and oxygen atoms in total. The average Bonchev–Trinajstić information content (AvgIpc) is 3.19. The molecule has 1 aromatic rings. The van der Waals surface area contributed by atoms with Crippen molar-refractivity contribution in [2.75, 3.05) is 23.7 Å². The third-order valence-electron chi connectivity index (χ3n) is 4.39. The Hall–Kier alpha value is -1.07. The van der Waals surface area contributed by atoms with Crippen LogP contribution in [0.15, 0.2) is 29.2 Å². The van der Waals surface area contributed by atoms with Crippen molar-refractivity contribution in [1.82, 2.24) is 0 Å². The van der Waals surface area contributed by atoms with E-state index in [1.807, 2.05) is 19.1 Å². The highest BCUT2D eigenvalue weighted by molar-refractivity contribution is 7.91. The number of nitrogens with two attached hydrogens (primary N) is 1. The van der Waals surface area contributed by atoms with Crippen LogP contribution in [0, 0.1) is 5.92 Å². The van der Waals surface area contributed by atoms with Gasteiger partial charge in [0.05, 0.1) is 16.2 Å². The van der Waals surface area contributed by atoms with E-state index in [4.69, 9.17) is 5.73 Å². The highest BCUT2D eigenvalue weighted by Crippen LogP contribution is 2.44. The molecule has 20 heavy (non-hydrogen) atoms. The zero-order valence-electron chi connectivity index (χ0n) is 11.9. The first kappa shape index (κ1) is 13.9. The van der Waals surface area contributed by atoms with E-state index < -0.39 is 9.84 Å². The molecule has 0 radical (unpaired) electrons. The molecule has 0 aromatic heterocycles. The molecule has 0 atom stereocenters. The predicted molar refractivity (Wildman–Crippen MR) is 80.6 cm³/mol. The third kappa shape index (κ3) is 2.44. The molecule has 1 aliphatic heterocycles. The Balaban J connectivity index is 1.68. The number of hydrogen-bond donors (Lipinski definition) is 1. The van der Waals surface area contributed by atoms with Crippen molar-refractivity contribution in [2.24, 2.45) is 11.7 Å². The summed E-state index contributed by atoms with van der Waals surface area (Å²) in [5, 5.41) is 0. The van der Waals surface area contributed by atoms with E-state index in [2.05, 4.69) is 4.90 Å². The maximum absolute atomic E-state index is 12.0. The van der Waals surface area contributed by atoms with E-state index in [1.165, 1.54) is 12.8 Å². The smallest absolute Gasteiger partial charge is 0.178 e. The first-order chi connectivity index (χ1) is 9.44. The van der Waals surface area contributed by atoms with Crippen LogP contribution >= 0.6 is 0 Å². The Labute approximate surface area is 120 Å². The summed E-state index contributed by atoms with van der Waals surface area (Å²) in [4.78, 5) is 2.65. The van der Waals surface area contributed by atoms with Gasteiger partial charge in [-0.15, -0.1) is 0 Å². The van der Waals surface area contributed by atoms with E-state index in [-0.39, 0.29) is 11.3 Å². The summed E-state index contributed by atoms with van der Waals surface area (Å²) in [5.41, 5.74) is 7.40. The van der Waals surface area contributed by atoms with Crippen LogP contribution in [0.2, 0.25) is 0 Å². The van der Waals surface area contributed by atoms with Gasteiger partial charge in [0.25, 0.3) is 0 Å². The molecule has 110 valence electrons. The Morgan fingerprint density at radius 3 is 2.35 bits per heavy atom. The van der Waals surface area contributed by atoms with Crippen molar-refractivity contribution in [3.05, 3.63) is 24.3 Å². The van der Waals surface area contributed by atoms with Gasteiger partial charge in [-0.05, 0) is 49.4 Å². The standard InChI is InChI=1S/C15H22N2O2S/c1-2-9-20(18,19)14-7-5-13(6-8-14)17-10-15(16,11-17)12-3-4-12/h5-8,12H,2-4,9-11,16H2,1H3. The van der Waals surface area contributed by atoms with E-state index in [1.54, 1.807) is 12.1 Å². The van der Waals surface area contributed by atoms with Crippen LogP contribution in [0.1, 0.15) is 26.2 Å². The van der Waals surface area contributed by atoms with E-state index in [9.17, 15) is 8.42 Å². The normalized spacial score (nSPS) is 21.6. The fourth-order valence-electron chi connectivity index (χ4n) is 3.01. The molecule has 2 fully saturated rings. The van der Waals surface area contributed by atoms with Crippen molar-refractivity contribution >= 4 is 15.5 Å². The first-order valence-electron chi connectivity index (χ1n) is 7.31. The molecule has 2 aliphatic rings. The summed E-state index contributed by atoms with van der Waals surface area (Å²) in [5.74, 6) is 0.909. The summed E-state index contributed by atoms with van der Waals surface area (Å²) in [7, 11) is -3.11. The Bertz CT molecular complexity index is 585.